The molecular weight excluding hydrogens is 252 g/mol. The lowest BCUT2D eigenvalue weighted by Crippen LogP contribution is -2.44. The van der Waals surface area contributed by atoms with Crippen LogP contribution < -0.4 is 0 Å². The van der Waals surface area contributed by atoms with Crippen LogP contribution in [0.25, 0.3) is 0 Å². The van der Waals surface area contributed by atoms with Crippen LogP contribution in [0.4, 0.5) is 0 Å². The standard InChI is InChI=1S/C16H24N2O2/c1-15(2,3)17-10-6-12(11-17)14(19)18-9-4-5-13(18)16(20)7-8-16/h6,10-11,13,20H,4-5,7-9H2,1-3H3. The fraction of sp³-hybridized carbons (Fsp3) is 0.688. The lowest BCUT2D eigenvalue weighted by atomic mass is 10.1. The van der Waals surface area contributed by atoms with Crippen molar-refractivity contribution < 1.29 is 9.90 Å². The highest BCUT2D eigenvalue weighted by Crippen LogP contribution is 2.44. The Bertz CT molecular complexity index is 523. The van der Waals surface area contributed by atoms with Crippen LogP contribution >= 0.6 is 0 Å². The summed E-state index contributed by atoms with van der Waals surface area (Å²) in [4.78, 5) is 14.6. The molecule has 1 aromatic rings. The highest BCUT2D eigenvalue weighted by Gasteiger charge is 2.52. The number of nitrogens with zero attached hydrogens (tertiary/aromatic N) is 2. The molecule has 1 amide bonds. The maximum absolute atomic E-state index is 12.7. The van der Waals surface area contributed by atoms with Gasteiger partial charge < -0.3 is 14.6 Å². The second-order valence-corrected chi connectivity index (χ2v) is 7.24. The third kappa shape index (κ3) is 2.26. The van der Waals surface area contributed by atoms with Gasteiger partial charge in [0.2, 0.25) is 0 Å². The van der Waals surface area contributed by atoms with Gasteiger partial charge in [-0.2, -0.15) is 0 Å². The van der Waals surface area contributed by atoms with E-state index in [2.05, 4.69) is 25.3 Å². The van der Waals surface area contributed by atoms with E-state index in [1.807, 2.05) is 23.4 Å². The van der Waals surface area contributed by atoms with Gasteiger partial charge in [-0.25, -0.2) is 0 Å². The Hall–Kier alpha value is -1.29. The molecule has 1 aliphatic heterocycles. The average molecular weight is 276 g/mol. The summed E-state index contributed by atoms with van der Waals surface area (Å²) in [5, 5.41) is 10.3. The molecule has 20 heavy (non-hydrogen) atoms. The molecule has 2 aliphatic rings. The molecule has 1 saturated carbocycles. The normalized spacial score (nSPS) is 25.0. The number of aromatic nitrogens is 1. The first kappa shape index (κ1) is 13.7. The first-order valence-electron chi connectivity index (χ1n) is 7.53. The number of hydrogen-bond acceptors (Lipinski definition) is 2. The highest BCUT2D eigenvalue weighted by atomic mass is 16.3. The van der Waals surface area contributed by atoms with Crippen molar-refractivity contribution in [2.75, 3.05) is 6.54 Å². The molecule has 2 heterocycles. The predicted octanol–water partition coefficient (Wildman–Crippen LogP) is 2.37. The number of amides is 1. The second-order valence-electron chi connectivity index (χ2n) is 7.24. The molecule has 4 nitrogen and oxygen atoms in total. The molecule has 3 rings (SSSR count). The number of likely N-dealkylation sites (tertiary alicyclic amines) is 1. The number of aliphatic hydroxyl groups is 1. The molecule has 1 N–H and O–H groups in total. The maximum Gasteiger partial charge on any atom is 0.255 e. The van der Waals surface area contributed by atoms with Crippen LogP contribution in [0.3, 0.4) is 0 Å². The molecule has 2 fully saturated rings. The van der Waals surface area contributed by atoms with Crippen molar-refractivity contribution in [3.05, 3.63) is 24.0 Å². The van der Waals surface area contributed by atoms with Gasteiger partial charge in [-0.1, -0.05) is 0 Å². The zero-order valence-electron chi connectivity index (χ0n) is 12.6. The lowest BCUT2D eigenvalue weighted by Gasteiger charge is -2.28. The Labute approximate surface area is 120 Å². The van der Waals surface area contributed by atoms with E-state index in [9.17, 15) is 9.90 Å². The van der Waals surface area contributed by atoms with Gasteiger partial charge in [0.05, 0.1) is 17.2 Å². The Kier molecular flexibility index (Phi) is 2.98. The van der Waals surface area contributed by atoms with Gasteiger partial charge in [-0.15, -0.1) is 0 Å². The summed E-state index contributed by atoms with van der Waals surface area (Å²) in [5.41, 5.74) is 0.118. The molecule has 1 unspecified atom stereocenters. The molecule has 1 aromatic heterocycles. The molecule has 0 bridgehead atoms. The summed E-state index contributed by atoms with van der Waals surface area (Å²) in [7, 11) is 0. The van der Waals surface area contributed by atoms with E-state index in [-0.39, 0.29) is 17.5 Å². The van der Waals surface area contributed by atoms with Crippen molar-refractivity contribution in [1.29, 1.82) is 0 Å². The number of carbonyl (C=O) groups is 1. The van der Waals surface area contributed by atoms with Gasteiger partial charge in [0, 0.05) is 24.5 Å². The molecule has 1 saturated heterocycles. The minimum absolute atomic E-state index is 0.0162. The zero-order valence-corrected chi connectivity index (χ0v) is 12.6. The molecule has 110 valence electrons. The van der Waals surface area contributed by atoms with Crippen molar-refractivity contribution in [3.8, 4) is 0 Å². The van der Waals surface area contributed by atoms with Crippen molar-refractivity contribution in [2.45, 2.75) is 63.6 Å². The Morgan fingerprint density at radius 1 is 1.40 bits per heavy atom. The molecule has 0 aromatic carbocycles. The Balaban J connectivity index is 1.80. The summed E-state index contributed by atoms with van der Waals surface area (Å²) in [6.45, 7) is 7.12. The molecule has 1 aliphatic carbocycles. The monoisotopic (exact) mass is 276 g/mol. The van der Waals surface area contributed by atoms with E-state index >= 15 is 0 Å². The first-order valence-corrected chi connectivity index (χ1v) is 7.53. The third-order valence-corrected chi connectivity index (χ3v) is 4.61. The molecular formula is C16H24N2O2. The summed E-state index contributed by atoms with van der Waals surface area (Å²) in [6, 6.07) is 1.91. The van der Waals surface area contributed by atoms with Crippen molar-refractivity contribution >= 4 is 5.91 Å². The van der Waals surface area contributed by atoms with Gasteiger partial charge in [-0.3, -0.25) is 4.79 Å². The van der Waals surface area contributed by atoms with Gasteiger partial charge in [0.25, 0.3) is 5.91 Å². The number of rotatable bonds is 2. The SMILES string of the molecule is CC(C)(C)n1ccc(C(=O)N2CCCC2C2(O)CC2)c1. The fourth-order valence-corrected chi connectivity index (χ4v) is 3.14. The van der Waals surface area contributed by atoms with Crippen LogP contribution in [0.15, 0.2) is 18.5 Å². The largest absolute Gasteiger partial charge is 0.388 e. The third-order valence-electron chi connectivity index (χ3n) is 4.61. The van der Waals surface area contributed by atoms with Crippen LogP contribution in [-0.4, -0.2) is 38.7 Å². The smallest absolute Gasteiger partial charge is 0.255 e. The van der Waals surface area contributed by atoms with Crippen LogP contribution in [-0.2, 0) is 5.54 Å². The molecule has 0 radical (unpaired) electrons. The van der Waals surface area contributed by atoms with E-state index in [4.69, 9.17) is 0 Å². The molecule has 1 atom stereocenters. The van der Waals surface area contributed by atoms with E-state index in [1.54, 1.807) is 0 Å². The van der Waals surface area contributed by atoms with Crippen LogP contribution in [0, 0.1) is 0 Å². The Morgan fingerprint density at radius 2 is 2.10 bits per heavy atom. The fourth-order valence-electron chi connectivity index (χ4n) is 3.14. The highest BCUT2D eigenvalue weighted by molar-refractivity contribution is 5.94. The minimum Gasteiger partial charge on any atom is -0.388 e. The quantitative estimate of drug-likeness (QED) is 0.901. The van der Waals surface area contributed by atoms with Crippen molar-refractivity contribution in [3.63, 3.8) is 0 Å². The summed E-state index contributed by atoms with van der Waals surface area (Å²) >= 11 is 0. The zero-order chi connectivity index (χ0) is 14.5. The van der Waals surface area contributed by atoms with E-state index in [0.717, 1.165) is 37.8 Å². The van der Waals surface area contributed by atoms with Gasteiger partial charge in [0.15, 0.2) is 0 Å². The average Bonchev–Trinajstić information content (AvgIpc) is 2.91. The van der Waals surface area contributed by atoms with E-state index < -0.39 is 5.60 Å². The van der Waals surface area contributed by atoms with E-state index in [1.165, 1.54) is 0 Å². The first-order chi connectivity index (χ1) is 9.31. The van der Waals surface area contributed by atoms with Gasteiger partial charge in [0.1, 0.15) is 0 Å². The number of hydrogen-bond donors (Lipinski definition) is 1. The number of carbonyl (C=O) groups excluding carboxylic acids is 1. The second kappa shape index (κ2) is 4.35. The maximum atomic E-state index is 12.7. The van der Waals surface area contributed by atoms with Crippen LogP contribution in [0.5, 0.6) is 0 Å². The summed E-state index contributed by atoms with van der Waals surface area (Å²) in [6.07, 6.45) is 7.49. The minimum atomic E-state index is -0.598. The molecule has 4 heteroatoms. The van der Waals surface area contributed by atoms with Gasteiger partial charge >= 0.3 is 0 Å². The van der Waals surface area contributed by atoms with Gasteiger partial charge in [-0.05, 0) is 52.5 Å². The lowest BCUT2D eigenvalue weighted by molar-refractivity contribution is 0.0386. The predicted molar refractivity (Wildman–Crippen MR) is 77.7 cm³/mol. The molecule has 0 spiro atoms. The van der Waals surface area contributed by atoms with Crippen molar-refractivity contribution in [2.24, 2.45) is 0 Å². The summed E-state index contributed by atoms with van der Waals surface area (Å²) in [5.74, 6) is 0.0656. The Morgan fingerprint density at radius 3 is 2.65 bits per heavy atom. The summed E-state index contributed by atoms with van der Waals surface area (Å²) < 4.78 is 2.07. The van der Waals surface area contributed by atoms with Crippen molar-refractivity contribution in [1.82, 2.24) is 9.47 Å². The van der Waals surface area contributed by atoms with Crippen LogP contribution in [0.2, 0.25) is 0 Å². The van der Waals surface area contributed by atoms with E-state index in [0.29, 0.717) is 0 Å². The van der Waals surface area contributed by atoms with Crippen LogP contribution in [0.1, 0.15) is 56.8 Å². The topological polar surface area (TPSA) is 45.5 Å².